The van der Waals surface area contributed by atoms with E-state index in [1.54, 1.807) is 20.8 Å². The van der Waals surface area contributed by atoms with Crippen LogP contribution in [0.25, 0.3) is 0 Å². The maximum absolute atomic E-state index is 14.1. The van der Waals surface area contributed by atoms with Crippen LogP contribution in [0.4, 0.5) is 9.18 Å². The average molecular weight is 299 g/mol. The van der Waals surface area contributed by atoms with E-state index < -0.39 is 35.7 Å². The molecule has 0 atom stereocenters. The molecule has 0 saturated heterocycles. The van der Waals surface area contributed by atoms with E-state index in [1.807, 2.05) is 0 Å². The Morgan fingerprint density at radius 3 is 2.33 bits per heavy atom. The summed E-state index contributed by atoms with van der Waals surface area (Å²) in [6, 6.07) is 2.61. The van der Waals surface area contributed by atoms with Gasteiger partial charge in [0.15, 0.2) is 0 Å². The van der Waals surface area contributed by atoms with Crippen LogP contribution in [0.2, 0.25) is 0 Å². The van der Waals surface area contributed by atoms with E-state index in [0.717, 1.165) is 0 Å². The molecule has 1 aromatic carbocycles. The Balaban J connectivity index is 2.88. The minimum Gasteiger partial charge on any atom is -0.478 e. The summed E-state index contributed by atoms with van der Waals surface area (Å²) < 4.78 is 19.1. The largest absolute Gasteiger partial charge is 0.478 e. The molecule has 6 nitrogen and oxygen atoms in total. The summed E-state index contributed by atoms with van der Waals surface area (Å²) in [6.07, 6.45) is -0.731. The minimum absolute atomic E-state index is 0.00420. The summed E-state index contributed by atoms with van der Waals surface area (Å²) in [5.74, 6) is -2.46. The summed E-state index contributed by atoms with van der Waals surface area (Å²) in [7, 11) is 0. The fraction of sp³-hybridized carbons (Fsp3) is 0.429. The molecule has 1 aromatic rings. The van der Waals surface area contributed by atoms with Crippen molar-refractivity contribution in [3.8, 4) is 0 Å². The molecule has 116 valence electrons. The molecule has 0 heterocycles. The maximum Gasteiger partial charge on any atom is 0.407 e. The Labute approximate surface area is 121 Å². The molecule has 7 heteroatoms. The molecule has 0 unspecified atom stereocenters. The van der Waals surface area contributed by atoms with E-state index in [2.05, 4.69) is 5.32 Å². The smallest absolute Gasteiger partial charge is 0.407 e. The van der Waals surface area contributed by atoms with E-state index in [0.29, 0.717) is 0 Å². The van der Waals surface area contributed by atoms with Gasteiger partial charge in [-0.05, 0) is 26.3 Å². The third kappa shape index (κ3) is 4.71. The van der Waals surface area contributed by atoms with Crippen LogP contribution in [0.3, 0.4) is 0 Å². The number of carboxylic acid groups (broad SMARTS) is 1. The first-order valence-electron chi connectivity index (χ1n) is 6.27. The highest BCUT2D eigenvalue weighted by Crippen LogP contribution is 2.18. The van der Waals surface area contributed by atoms with Crippen LogP contribution in [0, 0.1) is 5.82 Å². The number of aliphatic hydroxyl groups is 1. The number of rotatable bonds is 4. The van der Waals surface area contributed by atoms with Crippen molar-refractivity contribution in [3.05, 3.63) is 34.6 Å². The molecule has 1 rings (SSSR count). The van der Waals surface area contributed by atoms with Crippen molar-refractivity contribution < 1.29 is 28.9 Å². The van der Waals surface area contributed by atoms with Gasteiger partial charge in [0.05, 0.1) is 6.61 Å². The molecule has 21 heavy (non-hydrogen) atoms. The molecule has 3 N–H and O–H groups in total. The standard InChI is InChI=1S/C14H18FNO5/c1-14(2,3)21-13(20)16-6-8-4-5-9(7-17)10(11(8)15)12(18)19/h4-5,17H,6-7H2,1-3H3,(H,16,20)(H,18,19). The Bertz CT molecular complexity index is 551. The molecule has 0 saturated carbocycles. The zero-order chi connectivity index (χ0) is 16.2. The molecule has 0 aliphatic rings. The summed E-state index contributed by atoms with van der Waals surface area (Å²) in [6.45, 7) is 4.26. The summed E-state index contributed by atoms with van der Waals surface area (Å²) in [5.41, 5.74) is -1.31. The van der Waals surface area contributed by atoms with Crippen LogP contribution in [-0.4, -0.2) is 27.9 Å². The number of nitrogens with one attached hydrogen (secondary N) is 1. The third-order valence-corrected chi connectivity index (χ3v) is 2.51. The predicted octanol–water partition coefficient (Wildman–Crippen LogP) is 2.04. The molecular formula is C14H18FNO5. The van der Waals surface area contributed by atoms with Crippen LogP contribution in [0.15, 0.2) is 12.1 Å². The monoisotopic (exact) mass is 299 g/mol. The van der Waals surface area contributed by atoms with Gasteiger partial charge in [0.1, 0.15) is 17.0 Å². The molecule has 0 bridgehead atoms. The lowest BCUT2D eigenvalue weighted by molar-refractivity contribution is 0.0523. The SMILES string of the molecule is CC(C)(C)OC(=O)NCc1ccc(CO)c(C(=O)O)c1F. The van der Waals surface area contributed by atoms with Crippen molar-refractivity contribution in [2.75, 3.05) is 0 Å². The molecule has 0 fully saturated rings. The lowest BCUT2D eigenvalue weighted by atomic mass is 10.0. The minimum atomic E-state index is -1.48. The number of halogens is 1. The van der Waals surface area contributed by atoms with Crippen molar-refractivity contribution in [2.45, 2.75) is 39.5 Å². The summed E-state index contributed by atoms with van der Waals surface area (Å²) in [5, 5.41) is 20.3. The number of benzene rings is 1. The van der Waals surface area contributed by atoms with Gasteiger partial charge < -0.3 is 20.3 Å². The molecule has 1 amide bonds. The van der Waals surface area contributed by atoms with Crippen LogP contribution in [0.5, 0.6) is 0 Å². The van der Waals surface area contributed by atoms with E-state index in [-0.39, 0.29) is 17.7 Å². The molecule has 0 aliphatic heterocycles. The lowest BCUT2D eigenvalue weighted by Crippen LogP contribution is -2.32. The topological polar surface area (TPSA) is 95.9 Å². The van der Waals surface area contributed by atoms with Gasteiger partial charge in [-0.3, -0.25) is 0 Å². The molecule has 0 radical (unpaired) electrons. The number of hydrogen-bond donors (Lipinski definition) is 3. The summed E-state index contributed by atoms with van der Waals surface area (Å²) in [4.78, 5) is 22.5. The van der Waals surface area contributed by atoms with Crippen molar-refractivity contribution >= 4 is 12.1 Å². The first-order chi connectivity index (χ1) is 9.65. The zero-order valence-corrected chi connectivity index (χ0v) is 12.1. The van der Waals surface area contributed by atoms with Crippen LogP contribution >= 0.6 is 0 Å². The van der Waals surface area contributed by atoms with Gasteiger partial charge in [0.2, 0.25) is 0 Å². The molecule has 0 aliphatic carbocycles. The number of carboxylic acids is 1. The zero-order valence-electron chi connectivity index (χ0n) is 12.1. The number of alkyl carbamates (subject to hydrolysis) is 1. The third-order valence-electron chi connectivity index (χ3n) is 2.51. The van der Waals surface area contributed by atoms with Crippen LogP contribution < -0.4 is 5.32 Å². The van der Waals surface area contributed by atoms with Gasteiger partial charge in [-0.25, -0.2) is 14.0 Å². The Morgan fingerprint density at radius 2 is 1.86 bits per heavy atom. The quantitative estimate of drug-likeness (QED) is 0.790. The van der Waals surface area contributed by atoms with Gasteiger partial charge in [-0.15, -0.1) is 0 Å². The molecule has 0 spiro atoms. The fourth-order valence-corrected chi connectivity index (χ4v) is 1.64. The number of hydrogen-bond acceptors (Lipinski definition) is 4. The normalized spacial score (nSPS) is 11.1. The highest BCUT2D eigenvalue weighted by Gasteiger charge is 2.20. The van der Waals surface area contributed by atoms with E-state index in [1.165, 1.54) is 12.1 Å². The van der Waals surface area contributed by atoms with Crippen molar-refractivity contribution in [3.63, 3.8) is 0 Å². The number of aliphatic hydroxyl groups excluding tert-OH is 1. The van der Waals surface area contributed by atoms with E-state index in [4.69, 9.17) is 14.9 Å². The second kappa shape index (κ2) is 6.53. The number of ether oxygens (including phenoxy) is 1. The second-order valence-corrected chi connectivity index (χ2v) is 5.39. The number of aromatic carboxylic acids is 1. The second-order valence-electron chi connectivity index (χ2n) is 5.39. The average Bonchev–Trinajstić information content (AvgIpc) is 2.34. The van der Waals surface area contributed by atoms with Gasteiger partial charge in [-0.1, -0.05) is 12.1 Å². The highest BCUT2D eigenvalue weighted by molar-refractivity contribution is 5.90. The van der Waals surface area contributed by atoms with E-state index in [9.17, 15) is 14.0 Å². The fourth-order valence-electron chi connectivity index (χ4n) is 1.64. The Morgan fingerprint density at radius 1 is 1.29 bits per heavy atom. The van der Waals surface area contributed by atoms with Crippen molar-refractivity contribution in [1.29, 1.82) is 0 Å². The van der Waals surface area contributed by atoms with Crippen LogP contribution in [-0.2, 0) is 17.9 Å². The van der Waals surface area contributed by atoms with Crippen molar-refractivity contribution in [2.24, 2.45) is 0 Å². The van der Waals surface area contributed by atoms with Crippen LogP contribution in [0.1, 0.15) is 42.3 Å². The Kier molecular flexibility index (Phi) is 5.26. The predicted molar refractivity (Wildman–Crippen MR) is 72.4 cm³/mol. The number of amides is 1. The highest BCUT2D eigenvalue weighted by atomic mass is 19.1. The lowest BCUT2D eigenvalue weighted by Gasteiger charge is -2.20. The van der Waals surface area contributed by atoms with E-state index >= 15 is 0 Å². The number of carbonyl (C=O) groups excluding carboxylic acids is 1. The van der Waals surface area contributed by atoms with Crippen molar-refractivity contribution in [1.82, 2.24) is 5.32 Å². The molecule has 0 aromatic heterocycles. The first-order valence-corrected chi connectivity index (χ1v) is 6.27. The summed E-state index contributed by atoms with van der Waals surface area (Å²) >= 11 is 0. The number of carbonyl (C=O) groups is 2. The van der Waals surface area contributed by atoms with Gasteiger partial charge >= 0.3 is 12.1 Å². The van der Waals surface area contributed by atoms with Gasteiger partial charge in [0, 0.05) is 12.1 Å². The Hall–Kier alpha value is -2.15. The maximum atomic E-state index is 14.1. The first kappa shape index (κ1) is 16.9. The van der Waals surface area contributed by atoms with Gasteiger partial charge in [0.25, 0.3) is 0 Å². The van der Waals surface area contributed by atoms with Gasteiger partial charge in [-0.2, -0.15) is 0 Å². The molecular weight excluding hydrogens is 281 g/mol.